The molecule has 0 N–H and O–H groups in total. The summed E-state index contributed by atoms with van der Waals surface area (Å²) in [7, 11) is 3.31. The molecule has 1 aromatic carbocycles. The summed E-state index contributed by atoms with van der Waals surface area (Å²) in [6, 6.07) is 5.84. The second-order valence-electron chi connectivity index (χ2n) is 4.72. The van der Waals surface area contributed by atoms with E-state index in [2.05, 4.69) is 22.9 Å². The van der Waals surface area contributed by atoms with Gasteiger partial charge in [0.15, 0.2) is 0 Å². The molecule has 1 aromatic heterocycles. The zero-order valence-corrected chi connectivity index (χ0v) is 14.0. The molecule has 1 heterocycles. The first-order chi connectivity index (χ1) is 9.49. The van der Waals surface area contributed by atoms with Gasteiger partial charge in [-0.15, -0.1) is 0 Å². The Bertz CT molecular complexity index is 616. The average molecular weight is 339 g/mol. The lowest BCUT2D eigenvalue weighted by molar-refractivity contribution is 0.391. The van der Waals surface area contributed by atoms with E-state index in [1.165, 1.54) is 5.56 Å². The Morgan fingerprint density at radius 3 is 2.25 bits per heavy atom. The standard InChI is InChI=1S/C16H19BrO3/c1-9-10(2)20-11(3)15(9)16(17)13-7-6-12(18-4)8-14(13)19-5/h6-8,16H,1-5H3. The first-order valence-corrected chi connectivity index (χ1v) is 7.33. The second-order valence-corrected chi connectivity index (χ2v) is 5.64. The van der Waals surface area contributed by atoms with Gasteiger partial charge >= 0.3 is 0 Å². The number of alkyl halides is 1. The first-order valence-electron chi connectivity index (χ1n) is 6.42. The summed E-state index contributed by atoms with van der Waals surface area (Å²) in [6.07, 6.45) is 0. The van der Waals surface area contributed by atoms with Crippen molar-refractivity contribution in [3.05, 3.63) is 46.4 Å². The van der Waals surface area contributed by atoms with Crippen molar-refractivity contribution in [2.75, 3.05) is 14.2 Å². The number of methoxy groups -OCH3 is 2. The fourth-order valence-electron chi connectivity index (χ4n) is 2.37. The summed E-state index contributed by atoms with van der Waals surface area (Å²) in [5.41, 5.74) is 3.38. The lowest BCUT2D eigenvalue weighted by Crippen LogP contribution is -1.99. The van der Waals surface area contributed by atoms with E-state index in [1.807, 2.05) is 32.0 Å². The third-order valence-corrected chi connectivity index (χ3v) is 4.54. The van der Waals surface area contributed by atoms with E-state index >= 15 is 0 Å². The van der Waals surface area contributed by atoms with Gasteiger partial charge in [-0.25, -0.2) is 0 Å². The van der Waals surface area contributed by atoms with Gasteiger partial charge in [0.25, 0.3) is 0 Å². The van der Waals surface area contributed by atoms with E-state index in [4.69, 9.17) is 13.9 Å². The van der Waals surface area contributed by atoms with Gasteiger partial charge in [0.05, 0.1) is 19.0 Å². The average Bonchev–Trinajstić information content (AvgIpc) is 2.70. The zero-order chi connectivity index (χ0) is 14.9. The van der Waals surface area contributed by atoms with Crippen molar-refractivity contribution in [2.24, 2.45) is 0 Å². The van der Waals surface area contributed by atoms with Crippen molar-refractivity contribution < 1.29 is 13.9 Å². The number of rotatable bonds is 4. The summed E-state index contributed by atoms with van der Waals surface area (Å²) >= 11 is 3.77. The Hall–Kier alpha value is -1.42. The molecular formula is C16H19BrO3. The molecule has 0 radical (unpaired) electrons. The van der Waals surface area contributed by atoms with Crippen molar-refractivity contribution in [1.82, 2.24) is 0 Å². The molecular weight excluding hydrogens is 320 g/mol. The van der Waals surface area contributed by atoms with Crippen molar-refractivity contribution >= 4 is 15.9 Å². The van der Waals surface area contributed by atoms with Gasteiger partial charge in [0.2, 0.25) is 0 Å². The van der Waals surface area contributed by atoms with Crippen LogP contribution in [0.25, 0.3) is 0 Å². The minimum Gasteiger partial charge on any atom is -0.497 e. The van der Waals surface area contributed by atoms with Gasteiger partial charge < -0.3 is 13.9 Å². The fourth-order valence-corrected chi connectivity index (χ4v) is 3.41. The third-order valence-electron chi connectivity index (χ3n) is 3.58. The van der Waals surface area contributed by atoms with Gasteiger partial charge in [0, 0.05) is 17.2 Å². The van der Waals surface area contributed by atoms with Crippen LogP contribution in [0.5, 0.6) is 11.5 Å². The highest BCUT2D eigenvalue weighted by molar-refractivity contribution is 9.09. The number of ether oxygens (including phenoxy) is 2. The highest BCUT2D eigenvalue weighted by Gasteiger charge is 2.23. The number of halogens is 1. The Labute approximate surface area is 128 Å². The molecule has 0 amide bonds. The maximum atomic E-state index is 5.71. The van der Waals surface area contributed by atoms with Crippen LogP contribution in [0.3, 0.4) is 0 Å². The first kappa shape index (κ1) is 15.0. The lowest BCUT2D eigenvalue weighted by Gasteiger charge is -2.16. The SMILES string of the molecule is COc1ccc(C(Br)c2c(C)oc(C)c2C)c(OC)c1. The largest absolute Gasteiger partial charge is 0.497 e. The number of aryl methyl sites for hydroxylation is 2. The van der Waals surface area contributed by atoms with Crippen LogP contribution in [-0.2, 0) is 0 Å². The van der Waals surface area contributed by atoms with Crippen LogP contribution in [-0.4, -0.2) is 14.2 Å². The Morgan fingerprint density at radius 1 is 1.05 bits per heavy atom. The van der Waals surface area contributed by atoms with Gasteiger partial charge in [-0.2, -0.15) is 0 Å². The van der Waals surface area contributed by atoms with Crippen LogP contribution in [0.1, 0.15) is 33.0 Å². The van der Waals surface area contributed by atoms with Crippen LogP contribution < -0.4 is 9.47 Å². The monoisotopic (exact) mass is 338 g/mol. The highest BCUT2D eigenvalue weighted by atomic mass is 79.9. The third kappa shape index (κ3) is 2.57. The van der Waals surface area contributed by atoms with Crippen molar-refractivity contribution in [2.45, 2.75) is 25.6 Å². The van der Waals surface area contributed by atoms with E-state index in [0.717, 1.165) is 34.1 Å². The van der Waals surface area contributed by atoms with Crippen molar-refractivity contribution in [3.63, 3.8) is 0 Å². The molecule has 3 nitrogen and oxygen atoms in total. The molecule has 0 bridgehead atoms. The molecule has 0 aliphatic carbocycles. The molecule has 1 unspecified atom stereocenters. The minimum atomic E-state index is 0.0285. The zero-order valence-electron chi connectivity index (χ0n) is 12.4. The van der Waals surface area contributed by atoms with Crippen molar-refractivity contribution in [3.8, 4) is 11.5 Å². The molecule has 4 heteroatoms. The Balaban J connectivity index is 2.50. The van der Waals surface area contributed by atoms with Gasteiger partial charge in [0.1, 0.15) is 23.0 Å². The molecule has 0 fully saturated rings. The number of hydrogen-bond donors (Lipinski definition) is 0. The van der Waals surface area contributed by atoms with Crippen LogP contribution in [0.15, 0.2) is 22.6 Å². The van der Waals surface area contributed by atoms with E-state index in [-0.39, 0.29) is 4.83 Å². The van der Waals surface area contributed by atoms with Crippen LogP contribution in [0, 0.1) is 20.8 Å². The minimum absolute atomic E-state index is 0.0285. The topological polar surface area (TPSA) is 31.6 Å². The molecule has 0 aliphatic rings. The Morgan fingerprint density at radius 2 is 1.75 bits per heavy atom. The number of benzene rings is 1. The molecule has 0 saturated carbocycles. The number of furan rings is 1. The lowest BCUT2D eigenvalue weighted by atomic mass is 10.0. The van der Waals surface area contributed by atoms with E-state index in [9.17, 15) is 0 Å². The predicted octanol–water partition coefficient (Wildman–Crippen LogP) is 4.71. The summed E-state index contributed by atoms with van der Waals surface area (Å²) in [4.78, 5) is 0.0285. The fraction of sp³-hybridized carbons (Fsp3) is 0.375. The van der Waals surface area contributed by atoms with E-state index in [1.54, 1.807) is 14.2 Å². The molecule has 0 aliphatic heterocycles. The predicted molar refractivity (Wildman–Crippen MR) is 83.2 cm³/mol. The van der Waals surface area contributed by atoms with Crippen LogP contribution >= 0.6 is 15.9 Å². The molecule has 2 aromatic rings. The van der Waals surface area contributed by atoms with E-state index < -0.39 is 0 Å². The van der Waals surface area contributed by atoms with Gasteiger partial charge in [-0.3, -0.25) is 0 Å². The molecule has 0 saturated heterocycles. The maximum Gasteiger partial charge on any atom is 0.127 e. The quantitative estimate of drug-likeness (QED) is 0.756. The Kier molecular flexibility index (Phi) is 4.43. The smallest absolute Gasteiger partial charge is 0.127 e. The van der Waals surface area contributed by atoms with Crippen LogP contribution in [0.2, 0.25) is 0 Å². The van der Waals surface area contributed by atoms with Gasteiger partial charge in [-0.05, 0) is 32.4 Å². The summed E-state index contributed by atoms with van der Waals surface area (Å²) in [5.74, 6) is 3.46. The van der Waals surface area contributed by atoms with Crippen molar-refractivity contribution in [1.29, 1.82) is 0 Å². The number of hydrogen-bond acceptors (Lipinski definition) is 3. The summed E-state index contributed by atoms with van der Waals surface area (Å²) < 4.78 is 16.4. The van der Waals surface area contributed by atoms with E-state index in [0.29, 0.717) is 0 Å². The molecule has 0 spiro atoms. The van der Waals surface area contributed by atoms with Crippen LogP contribution in [0.4, 0.5) is 0 Å². The highest BCUT2D eigenvalue weighted by Crippen LogP contribution is 2.42. The second kappa shape index (κ2) is 5.92. The molecule has 108 valence electrons. The normalized spacial score (nSPS) is 12.3. The molecule has 2 rings (SSSR count). The maximum absolute atomic E-state index is 5.71. The molecule has 20 heavy (non-hydrogen) atoms. The molecule has 1 atom stereocenters. The summed E-state index contributed by atoms with van der Waals surface area (Å²) in [6.45, 7) is 6.04. The van der Waals surface area contributed by atoms with Gasteiger partial charge in [-0.1, -0.05) is 22.0 Å². The summed E-state index contributed by atoms with van der Waals surface area (Å²) in [5, 5.41) is 0.